The Morgan fingerprint density at radius 3 is 3.00 bits per heavy atom. The fourth-order valence-corrected chi connectivity index (χ4v) is 1.86. The average Bonchev–Trinajstić information content (AvgIpc) is 2.49. The Hall–Kier alpha value is -0.960. The van der Waals surface area contributed by atoms with Gasteiger partial charge >= 0.3 is 0 Å². The summed E-state index contributed by atoms with van der Waals surface area (Å²) in [7, 11) is 0. The monoisotopic (exact) mass is 181 g/mol. The molecule has 0 saturated carbocycles. The molecule has 0 atom stereocenters. The van der Waals surface area contributed by atoms with E-state index in [0.29, 0.717) is 5.39 Å². The first kappa shape index (κ1) is 7.68. The Morgan fingerprint density at radius 1 is 1.42 bits per heavy atom. The Morgan fingerprint density at radius 2 is 2.25 bits per heavy atom. The summed E-state index contributed by atoms with van der Waals surface area (Å²) in [5.41, 5.74) is 0.861. The Labute approximate surface area is 74.0 Å². The number of rotatable bonds is 1. The molecule has 2 rings (SSSR count). The molecule has 0 spiro atoms. The van der Waals surface area contributed by atoms with Gasteiger partial charge in [-0.05, 0) is 18.4 Å². The lowest BCUT2D eigenvalue weighted by molar-refractivity contribution is 0.638. The van der Waals surface area contributed by atoms with E-state index >= 15 is 0 Å². The number of fused-ring (bicyclic) bond motifs is 1. The van der Waals surface area contributed by atoms with E-state index < -0.39 is 0 Å². The first-order valence-corrected chi connectivity index (χ1v) is 4.85. The molecule has 0 amide bonds. The van der Waals surface area contributed by atoms with Gasteiger partial charge in [-0.1, -0.05) is 6.07 Å². The van der Waals surface area contributed by atoms with Gasteiger partial charge in [0.1, 0.15) is 5.82 Å². The third-order valence-electron chi connectivity index (χ3n) is 1.84. The molecular weight excluding hydrogens is 173 g/mol. The Balaban J connectivity index is 2.83. The zero-order chi connectivity index (χ0) is 8.55. The van der Waals surface area contributed by atoms with Gasteiger partial charge in [-0.25, -0.2) is 4.39 Å². The van der Waals surface area contributed by atoms with Crippen LogP contribution in [0.1, 0.15) is 0 Å². The molecule has 1 nitrogen and oxygen atoms in total. The molecule has 12 heavy (non-hydrogen) atoms. The molecule has 1 N–H and O–H groups in total. The number of nitrogens with one attached hydrogen (secondary N) is 1. The minimum absolute atomic E-state index is 0.155. The van der Waals surface area contributed by atoms with Crippen molar-refractivity contribution in [3.05, 3.63) is 30.2 Å². The van der Waals surface area contributed by atoms with Gasteiger partial charge in [0.25, 0.3) is 0 Å². The average molecular weight is 181 g/mol. The number of thioether (sulfide) groups is 1. The van der Waals surface area contributed by atoms with E-state index in [0.717, 1.165) is 10.4 Å². The number of halogens is 1. The Bertz CT molecular complexity index is 408. The second-order valence-electron chi connectivity index (χ2n) is 2.52. The van der Waals surface area contributed by atoms with E-state index in [2.05, 4.69) is 4.98 Å². The van der Waals surface area contributed by atoms with E-state index in [4.69, 9.17) is 0 Å². The summed E-state index contributed by atoms with van der Waals surface area (Å²) in [5, 5.41) is 0.699. The predicted octanol–water partition coefficient (Wildman–Crippen LogP) is 3.03. The molecule has 0 aliphatic heterocycles. The third kappa shape index (κ3) is 1.01. The van der Waals surface area contributed by atoms with Gasteiger partial charge < -0.3 is 4.98 Å². The summed E-state index contributed by atoms with van der Waals surface area (Å²) in [4.78, 5) is 3.98. The van der Waals surface area contributed by atoms with Gasteiger partial charge in [-0.2, -0.15) is 0 Å². The predicted molar refractivity (Wildman–Crippen MR) is 50.0 cm³/mol. The van der Waals surface area contributed by atoms with E-state index in [1.54, 1.807) is 17.8 Å². The van der Waals surface area contributed by atoms with Gasteiger partial charge in [0, 0.05) is 22.0 Å². The highest BCUT2D eigenvalue weighted by atomic mass is 32.2. The van der Waals surface area contributed by atoms with Crippen LogP contribution in [0.25, 0.3) is 10.9 Å². The van der Waals surface area contributed by atoms with Crippen molar-refractivity contribution in [2.45, 2.75) is 4.90 Å². The van der Waals surface area contributed by atoms with Crippen molar-refractivity contribution >= 4 is 22.7 Å². The molecule has 3 heteroatoms. The number of benzene rings is 1. The van der Waals surface area contributed by atoms with Gasteiger partial charge in [-0.3, -0.25) is 0 Å². The fourth-order valence-electron chi connectivity index (χ4n) is 1.27. The Kier molecular flexibility index (Phi) is 1.81. The SMILES string of the molecule is CSc1c[nH]c2cccc(F)c12. The standard InChI is InChI=1S/C9H8FNS/c1-12-8-5-11-7-4-2-3-6(10)9(7)8/h2-5,11H,1H3. The number of hydrogen-bond acceptors (Lipinski definition) is 1. The quantitative estimate of drug-likeness (QED) is 0.668. The molecule has 0 radical (unpaired) electrons. The van der Waals surface area contributed by atoms with Crippen molar-refractivity contribution in [3.63, 3.8) is 0 Å². The van der Waals surface area contributed by atoms with Crippen LogP contribution in [0.15, 0.2) is 29.3 Å². The number of H-pyrrole nitrogens is 1. The highest BCUT2D eigenvalue weighted by Crippen LogP contribution is 2.27. The van der Waals surface area contributed by atoms with Crippen LogP contribution < -0.4 is 0 Å². The molecule has 62 valence electrons. The van der Waals surface area contributed by atoms with Crippen LogP contribution in [-0.2, 0) is 0 Å². The second kappa shape index (κ2) is 2.83. The normalized spacial score (nSPS) is 10.8. The van der Waals surface area contributed by atoms with Crippen LogP contribution in [0.3, 0.4) is 0 Å². The summed E-state index contributed by atoms with van der Waals surface area (Å²) >= 11 is 1.55. The maximum absolute atomic E-state index is 13.2. The van der Waals surface area contributed by atoms with E-state index in [1.807, 2.05) is 18.5 Å². The summed E-state index contributed by atoms with van der Waals surface area (Å²) in [6.07, 6.45) is 3.77. The lowest BCUT2D eigenvalue weighted by Crippen LogP contribution is -1.75. The smallest absolute Gasteiger partial charge is 0.133 e. The summed E-state index contributed by atoms with van der Waals surface area (Å²) in [5.74, 6) is -0.155. The lowest BCUT2D eigenvalue weighted by Gasteiger charge is -1.94. The highest BCUT2D eigenvalue weighted by Gasteiger charge is 2.06. The number of aromatic nitrogens is 1. The van der Waals surface area contributed by atoms with E-state index in [9.17, 15) is 4.39 Å². The first-order valence-electron chi connectivity index (χ1n) is 3.62. The molecular formula is C9H8FNS. The molecule has 1 aromatic heterocycles. The molecule has 2 aromatic rings. The minimum Gasteiger partial charge on any atom is -0.360 e. The van der Waals surface area contributed by atoms with E-state index in [-0.39, 0.29) is 5.82 Å². The lowest BCUT2D eigenvalue weighted by atomic mass is 10.2. The van der Waals surface area contributed by atoms with Crippen molar-refractivity contribution in [3.8, 4) is 0 Å². The molecule has 0 fully saturated rings. The van der Waals surface area contributed by atoms with Crippen LogP contribution >= 0.6 is 11.8 Å². The molecule has 0 aliphatic carbocycles. The van der Waals surface area contributed by atoms with Gasteiger partial charge in [0.15, 0.2) is 0 Å². The van der Waals surface area contributed by atoms with Crippen LogP contribution in [-0.4, -0.2) is 11.2 Å². The largest absolute Gasteiger partial charge is 0.360 e. The summed E-state index contributed by atoms with van der Waals surface area (Å²) < 4.78 is 13.2. The highest BCUT2D eigenvalue weighted by molar-refractivity contribution is 7.98. The minimum atomic E-state index is -0.155. The maximum atomic E-state index is 13.2. The van der Waals surface area contributed by atoms with Gasteiger partial charge in [-0.15, -0.1) is 11.8 Å². The van der Waals surface area contributed by atoms with Crippen LogP contribution in [0, 0.1) is 5.82 Å². The van der Waals surface area contributed by atoms with Crippen molar-refractivity contribution < 1.29 is 4.39 Å². The fraction of sp³-hybridized carbons (Fsp3) is 0.111. The van der Waals surface area contributed by atoms with Crippen LogP contribution in [0.2, 0.25) is 0 Å². The van der Waals surface area contributed by atoms with E-state index in [1.165, 1.54) is 6.07 Å². The van der Waals surface area contributed by atoms with Crippen LogP contribution in [0.4, 0.5) is 4.39 Å². The number of aromatic amines is 1. The third-order valence-corrected chi connectivity index (χ3v) is 2.60. The zero-order valence-corrected chi connectivity index (χ0v) is 7.41. The topological polar surface area (TPSA) is 15.8 Å². The van der Waals surface area contributed by atoms with Crippen molar-refractivity contribution in [1.29, 1.82) is 0 Å². The first-order chi connectivity index (χ1) is 5.83. The summed E-state index contributed by atoms with van der Waals surface area (Å²) in [6.45, 7) is 0. The van der Waals surface area contributed by atoms with Crippen molar-refractivity contribution in [2.24, 2.45) is 0 Å². The molecule has 0 bridgehead atoms. The van der Waals surface area contributed by atoms with Gasteiger partial charge in [0.2, 0.25) is 0 Å². The van der Waals surface area contributed by atoms with Crippen molar-refractivity contribution in [2.75, 3.05) is 6.26 Å². The molecule has 0 unspecified atom stereocenters. The molecule has 1 aromatic carbocycles. The maximum Gasteiger partial charge on any atom is 0.133 e. The molecule has 1 heterocycles. The molecule has 0 aliphatic rings. The zero-order valence-electron chi connectivity index (χ0n) is 6.60. The van der Waals surface area contributed by atoms with Crippen molar-refractivity contribution in [1.82, 2.24) is 4.98 Å². The summed E-state index contributed by atoms with van der Waals surface area (Å²) in [6, 6.07) is 5.06. The number of hydrogen-bond donors (Lipinski definition) is 1. The second-order valence-corrected chi connectivity index (χ2v) is 3.37. The van der Waals surface area contributed by atoms with Gasteiger partial charge in [0.05, 0.1) is 0 Å². The van der Waals surface area contributed by atoms with Crippen LogP contribution in [0.5, 0.6) is 0 Å². The molecule has 0 saturated heterocycles.